The van der Waals surface area contributed by atoms with Gasteiger partial charge < -0.3 is 31.3 Å². The first kappa shape index (κ1) is 30.5. The number of benzene rings is 1. The normalized spacial score (nSPS) is 22.7. The second-order valence-electron chi connectivity index (χ2n) is 12.4. The van der Waals surface area contributed by atoms with E-state index in [0.717, 1.165) is 43.2 Å². The highest BCUT2D eigenvalue weighted by molar-refractivity contribution is 6.01. The van der Waals surface area contributed by atoms with Crippen molar-refractivity contribution in [2.24, 2.45) is 11.8 Å². The van der Waals surface area contributed by atoms with E-state index in [4.69, 9.17) is 5.11 Å². The maximum Gasteiger partial charge on any atom is 0.318 e. The van der Waals surface area contributed by atoms with Gasteiger partial charge in [-0.1, -0.05) is 39.2 Å². The van der Waals surface area contributed by atoms with Crippen molar-refractivity contribution in [3.05, 3.63) is 47.3 Å². The number of aromatic nitrogens is 2. The van der Waals surface area contributed by atoms with Gasteiger partial charge in [-0.25, -0.2) is 4.79 Å². The number of fused-ring (bicyclic) bond motifs is 1. The van der Waals surface area contributed by atoms with Crippen molar-refractivity contribution in [1.82, 2.24) is 30.6 Å². The number of carbonyl (C=O) groups excluding carboxylic acids is 4. The zero-order valence-corrected chi connectivity index (χ0v) is 25.2. The van der Waals surface area contributed by atoms with Gasteiger partial charge in [0.25, 0.3) is 5.91 Å². The van der Waals surface area contributed by atoms with Crippen LogP contribution in [0.15, 0.2) is 30.5 Å². The first-order chi connectivity index (χ1) is 20.6. The van der Waals surface area contributed by atoms with Gasteiger partial charge in [-0.05, 0) is 54.0 Å². The summed E-state index contributed by atoms with van der Waals surface area (Å²) < 4.78 is 1.49. The van der Waals surface area contributed by atoms with Gasteiger partial charge in [-0.3, -0.25) is 19.1 Å². The number of hydrogen-bond donors (Lipinski definition) is 5. The highest BCUT2D eigenvalue weighted by Gasteiger charge is 2.53. The molecule has 1 unspecified atom stereocenters. The summed E-state index contributed by atoms with van der Waals surface area (Å²) in [5.74, 6) is -0.722. The predicted molar refractivity (Wildman–Crippen MR) is 160 cm³/mol. The van der Waals surface area contributed by atoms with E-state index in [9.17, 15) is 19.2 Å². The SMILES string of the molecule is CNC(=O)C1(N2C[C@@H](C(C)C)NC2=O)Cc2ccc(NC(=O)[C@@H](NC(=O)c3ccn(CCO)n3)C3CCCCC3)cc2C1. The number of nitrogens with one attached hydrogen (secondary N) is 4. The van der Waals surface area contributed by atoms with Crippen molar-refractivity contribution in [1.29, 1.82) is 0 Å². The Labute approximate surface area is 252 Å². The standard InChI is InChI=1S/C31H43N7O5/c1-19(2)25-18-38(30(43)34-25)31(29(42)32-3)16-21-9-10-23(15-22(21)17-31)33-28(41)26(20-7-5-4-6-8-20)35-27(40)24-11-12-37(36-24)13-14-39/h9-12,15,19-20,25-26,39H,4-8,13-14,16-18H2,1-3H3,(H,32,42)(H,33,41)(H,34,43)(H,35,40)/t25-,26-,31?/m0/s1. The van der Waals surface area contributed by atoms with Gasteiger partial charge in [0.2, 0.25) is 11.8 Å². The fraction of sp³-hybridized carbons (Fsp3) is 0.581. The second-order valence-corrected chi connectivity index (χ2v) is 12.4. The smallest absolute Gasteiger partial charge is 0.318 e. The third-order valence-electron chi connectivity index (χ3n) is 9.24. The van der Waals surface area contributed by atoms with Crippen LogP contribution in [-0.4, -0.2) is 81.4 Å². The minimum atomic E-state index is -1.05. The Hall–Kier alpha value is -3.93. The molecule has 1 aromatic carbocycles. The number of likely N-dealkylation sites (N-methyl/N-ethyl adjacent to an activating group) is 1. The maximum atomic E-state index is 13.7. The van der Waals surface area contributed by atoms with Crippen molar-refractivity contribution in [3.63, 3.8) is 0 Å². The van der Waals surface area contributed by atoms with Gasteiger partial charge >= 0.3 is 6.03 Å². The van der Waals surface area contributed by atoms with Gasteiger partial charge in [0.15, 0.2) is 0 Å². The number of hydrogen-bond acceptors (Lipinski definition) is 6. The molecule has 2 aliphatic carbocycles. The summed E-state index contributed by atoms with van der Waals surface area (Å²) in [4.78, 5) is 54.9. The summed E-state index contributed by atoms with van der Waals surface area (Å²) >= 11 is 0. The van der Waals surface area contributed by atoms with E-state index < -0.39 is 17.5 Å². The summed E-state index contributed by atoms with van der Waals surface area (Å²) in [6, 6.07) is 6.15. The molecule has 43 heavy (non-hydrogen) atoms. The second kappa shape index (κ2) is 12.7. The number of aliphatic hydroxyl groups is 1. The molecule has 1 aliphatic heterocycles. The zero-order valence-electron chi connectivity index (χ0n) is 25.2. The fourth-order valence-electron chi connectivity index (χ4n) is 6.76. The van der Waals surface area contributed by atoms with Crippen LogP contribution < -0.4 is 21.3 Å². The van der Waals surface area contributed by atoms with E-state index in [0.29, 0.717) is 25.1 Å². The lowest BCUT2D eigenvalue weighted by Gasteiger charge is -2.36. The van der Waals surface area contributed by atoms with Crippen LogP contribution in [0.5, 0.6) is 0 Å². The van der Waals surface area contributed by atoms with E-state index in [2.05, 4.69) is 26.4 Å². The van der Waals surface area contributed by atoms with E-state index in [1.807, 2.05) is 32.0 Å². The van der Waals surface area contributed by atoms with Gasteiger partial charge in [0.05, 0.1) is 19.2 Å². The Bertz CT molecular complexity index is 1370. The van der Waals surface area contributed by atoms with Gasteiger partial charge in [-0.15, -0.1) is 0 Å². The molecule has 3 atom stereocenters. The Morgan fingerprint density at radius 3 is 2.53 bits per heavy atom. The van der Waals surface area contributed by atoms with Crippen molar-refractivity contribution < 1.29 is 24.3 Å². The molecule has 2 fully saturated rings. The van der Waals surface area contributed by atoms with Gasteiger partial charge in [0.1, 0.15) is 17.3 Å². The van der Waals surface area contributed by atoms with Crippen LogP contribution in [0.3, 0.4) is 0 Å². The van der Waals surface area contributed by atoms with E-state index in [1.54, 1.807) is 24.2 Å². The first-order valence-corrected chi connectivity index (χ1v) is 15.3. The summed E-state index contributed by atoms with van der Waals surface area (Å²) in [6.07, 6.45) is 7.13. The van der Waals surface area contributed by atoms with E-state index >= 15 is 0 Å². The highest BCUT2D eigenvalue weighted by atomic mass is 16.3. The summed E-state index contributed by atoms with van der Waals surface area (Å²) in [7, 11) is 1.59. The molecule has 2 heterocycles. The molecule has 0 bridgehead atoms. The van der Waals surface area contributed by atoms with Crippen molar-refractivity contribution in [2.45, 2.75) is 83.0 Å². The molecule has 12 heteroatoms. The Morgan fingerprint density at radius 2 is 1.86 bits per heavy atom. The molecule has 5 rings (SSSR count). The molecule has 5 amide bonds. The average Bonchev–Trinajstić information content (AvgIpc) is 3.73. The van der Waals surface area contributed by atoms with Crippen LogP contribution in [-0.2, 0) is 29.0 Å². The summed E-state index contributed by atoms with van der Waals surface area (Å²) in [5.41, 5.74) is 1.57. The molecule has 5 N–H and O–H groups in total. The molecule has 2 aromatic rings. The molecule has 0 radical (unpaired) electrons. The lowest BCUT2D eigenvalue weighted by atomic mass is 9.83. The monoisotopic (exact) mass is 593 g/mol. The molecule has 0 spiro atoms. The van der Waals surface area contributed by atoms with Crippen LogP contribution in [0.4, 0.5) is 10.5 Å². The number of urea groups is 1. The number of rotatable bonds is 10. The molecule has 12 nitrogen and oxygen atoms in total. The number of carbonyl (C=O) groups is 4. The molecule has 1 saturated carbocycles. The molecular formula is C31H43N7O5. The van der Waals surface area contributed by atoms with Crippen LogP contribution >= 0.6 is 0 Å². The first-order valence-electron chi connectivity index (χ1n) is 15.3. The molecule has 232 valence electrons. The lowest BCUT2D eigenvalue weighted by molar-refractivity contribution is -0.130. The zero-order chi connectivity index (χ0) is 30.7. The van der Waals surface area contributed by atoms with Crippen LogP contribution in [0.2, 0.25) is 0 Å². The van der Waals surface area contributed by atoms with Crippen molar-refractivity contribution >= 4 is 29.4 Å². The third kappa shape index (κ3) is 6.24. The molecule has 3 aliphatic rings. The number of anilines is 1. The predicted octanol–water partition coefficient (Wildman–Crippen LogP) is 1.83. The van der Waals surface area contributed by atoms with Crippen LogP contribution in [0.1, 0.15) is 67.6 Å². The Morgan fingerprint density at radius 1 is 1.12 bits per heavy atom. The number of amides is 5. The summed E-state index contributed by atoms with van der Waals surface area (Å²) in [5, 5.41) is 25.1. The highest BCUT2D eigenvalue weighted by Crippen LogP contribution is 2.38. The number of aliphatic hydroxyl groups excluding tert-OH is 1. The largest absolute Gasteiger partial charge is 0.394 e. The lowest BCUT2D eigenvalue weighted by Crippen LogP contribution is -2.60. The minimum Gasteiger partial charge on any atom is -0.394 e. The Balaban J connectivity index is 1.34. The van der Waals surface area contributed by atoms with Crippen molar-refractivity contribution in [2.75, 3.05) is 25.5 Å². The quantitative estimate of drug-likeness (QED) is 0.283. The minimum absolute atomic E-state index is 0.00450. The van der Waals surface area contributed by atoms with Crippen molar-refractivity contribution in [3.8, 4) is 0 Å². The number of nitrogens with zero attached hydrogens (tertiary/aromatic N) is 3. The van der Waals surface area contributed by atoms with Gasteiger partial charge in [-0.2, -0.15) is 5.10 Å². The van der Waals surface area contributed by atoms with E-state index in [1.165, 1.54) is 4.68 Å². The average molecular weight is 594 g/mol. The van der Waals surface area contributed by atoms with Crippen LogP contribution in [0, 0.1) is 11.8 Å². The Kier molecular flexibility index (Phi) is 9.05. The van der Waals surface area contributed by atoms with E-state index in [-0.39, 0.29) is 54.6 Å². The summed E-state index contributed by atoms with van der Waals surface area (Å²) in [6.45, 7) is 4.73. The topological polar surface area (TPSA) is 158 Å². The fourth-order valence-corrected chi connectivity index (χ4v) is 6.76. The third-order valence-corrected chi connectivity index (χ3v) is 9.24. The maximum absolute atomic E-state index is 13.7. The van der Waals surface area contributed by atoms with Crippen LogP contribution in [0.25, 0.3) is 0 Å². The molecule has 1 saturated heterocycles. The van der Waals surface area contributed by atoms with Gasteiger partial charge in [0, 0.05) is 38.3 Å². The molecular weight excluding hydrogens is 550 g/mol. The molecule has 1 aromatic heterocycles.